The maximum absolute atomic E-state index is 12.4. The fourth-order valence-corrected chi connectivity index (χ4v) is 3.78. The summed E-state index contributed by atoms with van der Waals surface area (Å²) in [4.78, 5) is 28.1. The maximum Gasteiger partial charge on any atom is 0.223 e. The number of aromatic nitrogens is 2. The number of methoxy groups -OCH3 is 1. The van der Waals surface area contributed by atoms with Gasteiger partial charge in [-0.25, -0.2) is 9.97 Å². The van der Waals surface area contributed by atoms with Crippen LogP contribution >= 0.6 is 0 Å². The van der Waals surface area contributed by atoms with Gasteiger partial charge in [0, 0.05) is 59.2 Å². The molecule has 0 unspecified atom stereocenters. The van der Waals surface area contributed by atoms with Crippen LogP contribution in [-0.2, 0) is 22.6 Å². The molecule has 0 radical (unpaired) electrons. The fraction of sp³-hybridized carbons (Fsp3) is 0.522. The number of carbonyl (C=O) groups excluding carboxylic acids is 1. The van der Waals surface area contributed by atoms with E-state index in [1.807, 2.05) is 30.0 Å². The standard InChI is InChI=1S/C23H33N5O2/c1-17-8-6-7-9-18(17)14-27(4)16-21-24-20(13-22(25-21)26(2)3)19-12-23(29)28(15-19)10-11-30-5/h6-9,13,19H,10-12,14-16H2,1-5H3/t19-/m1/s1. The van der Waals surface area contributed by atoms with Crippen molar-refractivity contribution in [2.24, 2.45) is 0 Å². The minimum Gasteiger partial charge on any atom is -0.383 e. The molecule has 162 valence electrons. The number of nitrogens with zero attached hydrogens (tertiary/aromatic N) is 5. The van der Waals surface area contributed by atoms with Crippen LogP contribution in [0.25, 0.3) is 0 Å². The highest BCUT2D eigenvalue weighted by Crippen LogP contribution is 2.28. The Balaban J connectivity index is 1.76. The molecule has 0 spiro atoms. The molecule has 2 heterocycles. The van der Waals surface area contributed by atoms with Gasteiger partial charge in [-0.3, -0.25) is 9.69 Å². The Kier molecular flexibility index (Phi) is 7.39. The Morgan fingerprint density at radius 2 is 1.93 bits per heavy atom. The Bertz CT molecular complexity index is 870. The van der Waals surface area contributed by atoms with Gasteiger partial charge in [0.15, 0.2) is 0 Å². The van der Waals surface area contributed by atoms with E-state index in [2.05, 4.69) is 43.1 Å². The Morgan fingerprint density at radius 1 is 1.17 bits per heavy atom. The van der Waals surface area contributed by atoms with Crippen molar-refractivity contribution in [3.05, 3.63) is 53.0 Å². The Hall–Kier alpha value is -2.51. The van der Waals surface area contributed by atoms with Crippen LogP contribution < -0.4 is 4.90 Å². The third-order valence-electron chi connectivity index (χ3n) is 5.55. The molecule has 0 bridgehead atoms. The van der Waals surface area contributed by atoms with Crippen molar-refractivity contribution in [1.29, 1.82) is 0 Å². The molecule has 1 aromatic heterocycles. The Morgan fingerprint density at radius 3 is 2.63 bits per heavy atom. The summed E-state index contributed by atoms with van der Waals surface area (Å²) in [7, 11) is 7.71. The lowest BCUT2D eigenvalue weighted by atomic mass is 10.0. The lowest BCUT2D eigenvalue weighted by molar-refractivity contribution is -0.128. The number of ether oxygens (including phenoxy) is 1. The monoisotopic (exact) mass is 411 g/mol. The van der Waals surface area contributed by atoms with Crippen molar-refractivity contribution < 1.29 is 9.53 Å². The second kappa shape index (κ2) is 10.00. The molecule has 0 saturated carbocycles. The normalized spacial score (nSPS) is 16.5. The number of carbonyl (C=O) groups is 1. The molecule has 1 aliphatic rings. The number of hydrogen-bond donors (Lipinski definition) is 0. The van der Waals surface area contributed by atoms with Gasteiger partial charge in [0.2, 0.25) is 5.91 Å². The minimum absolute atomic E-state index is 0.0940. The predicted molar refractivity (Wildman–Crippen MR) is 119 cm³/mol. The Labute approximate surface area is 179 Å². The lowest BCUT2D eigenvalue weighted by Gasteiger charge is -2.21. The number of amides is 1. The molecule has 1 saturated heterocycles. The van der Waals surface area contributed by atoms with Crippen molar-refractivity contribution >= 4 is 11.7 Å². The second-order valence-electron chi connectivity index (χ2n) is 8.29. The third kappa shape index (κ3) is 5.55. The highest BCUT2D eigenvalue weighted by Gasteiger charge is 2.32. The van der Waals surface area contributed by atoms with E-state index in [4.69, 9.17) is 14.7 Å². The summed E-state index contributed by atoms with van der Waals surface area (Å²) in [6, 6.07) is 10.4. The molecule has 7 nitrogen and oxygen atoms in total. The summed E-state index contributed by atoms with van der Waals surface area (Å²) in [5, 5.41) is 0. The highest BCUT2D eigenvalue weighted by atomic mass is 16.5. The van der Waals surface area contributed by atoms with Crippen molar-refractivity contribution in [2.45, 2.75) is 32.4 Å². The van der Waals surface area contributed by atoms with Gasteiger partial charge in [-0.1, -0.05) is 24.3 Å². The van der Waals surface area contributed by atoms with Crippen molar-refractivity contribution in [2.75, 3.05) is 52.8 Å². The minimum atomic E-state index is 0.0940. The van der Waals surface area contributed by atoms with Gasteiger partial charge in [0.25, 0.3) is 0 Å². The first kappa shape index (κ1) is 22.2. The zero-order chi connectivity index (χ0) is 21.7. The molecular formula is C23H33N5O2. The first-order valence-corrected chi connectivity index (χ1v) is 10.4. The van der Waals surface area contributed by atoms with Gasteiger partial charge in [-0.05, 0) is 25.1 Å². The van der Waals surface area contributed by atoms with Crippen molar-refractivity contribution in [3.8, 4) is 0 Å². The molecule has 3 rings (SSSR count). The van der Waals surface area contributed by atoms with Gasteiger partial charge in [-0.2, -0.15) is 0 Å². The van der Waals surface area contributed by atoms with E-state index in [0.717, 1.165) is 23.9 Å². The summed E-state index contributed by atoms with van der Waals surface area (Å²) in [6.45, 7) is 5.49. The zero-order valence-corrected chi connectivity index (χ0v) is 18.8. The van der Waals surface area contributed by atoms with Gasteiger partial charge >= 0.3 is 0 Å². The van der Waals surface area contributed by atoms with E-state index in [9.17, 15) is 4.79 Å². The van der Waals surface area contributed by atoms with E-state index < -0.39 is 0 Å². The number of benzene rings is 1. The van der Waals surface area contributed by atoms with Crippen LogP contribution in [0, 0.1) is 6.92 Å². The second-order valence-corrected chi connectivity index (χ2v) is 8.29. The first-order chi connectivity index (χ1) is 14.4. The number of aryl methyl sites for hydroxylation is 1. The highest BCUT2D eigenvalue weighted by molar-refractivity contribution is 5.79. The SMILES string of the molecule is COCCN1C[C@H](c2cc(N(C)C)nc(CN(C)Cc3ccccc3C)n2)CC1=O. The van der Waals surface area contributed by atoms with E-state index in [-0.39, 0.29) is 11.8 Å². The topological polar surface area (TPSA) is 61.8 Å². The van der Waals surface area contributed by atoms with Crippen molar-refractivity contribution in [1.82, 2.24) is 19.8 Å². The van der Waals surface area contributed by atoms with E-state index in [0.29, 0.717) is 32.7 Å². The van der Waals surface area contributed by atoms with Crippen LogP contribution in [0.1, 0.15) is 35.0 Å². The summed E-state index contributed by atoms with van der Waals surface area (Å²) < 4.78 is 5.13. The van der Waals surface area contributed by atoms with Crippen LogP contribution in [0.4, 0.5) is 5.82 Å². The predicted octanol–water partition coefficient (Wildman–Crippen LogP) is 2.45. The largest absolute Gasteiger partial charge is 0.383 e. The van der Waals surface area contributed by atoms with Crippen molar-refractivity contribution in [3.63, 3.8) is 0 Å². The van der Waals surface area contributed by atoms with Crippen LogP contribution in [0.2, 0.25) is 0 Å². The molecule has 1 aromatic carbocycles. The average Bonchev–Trinajstić information content (AvgIpc) is 3.08. The summed E-state index contributed by atoms with van der Waals surface area (Å²) >= 11 is 0. The van der Waals surface area contributed by atoms with E-state index >= 15 is 0 Å². The molecule has 2 aromatic rings. The van der Waals surface area contributed by atoms with Gasteiger partial charge in [0.05, 0.1) is 18.8 Å². The molecule has 30 heavy (non-hydrogen) atoms. The number of rotatable bonds is 9. The van der Waals surface area contributed by atoms with Crippen LogP contribution in [0.3, 0.4) is 0 Å². The van der Waals surface area contributed by atoms with Crippen LogP contribution in [0.5, 0.6) is 0 Å². The number of hydrogen-bond acceptors (Lipinski definition) is 6. The summed E-state index contributed by atoms with van der Waals surface area (Å²) in [5.74, 6) is 1.92. The molecule has 0 aliphatic carbocycles. The fourth-order valence-electron chi connectivity index (χ4n) is 3.78. The molecule has 1 aliphatic heterocycles. The van der Waals surface area contributed by atoms with Gasteiger partial charge in [0.1, 0.15) is 11.6 Å². The van der Waals surface area contributed by atoms with Gasteiger partial charge < -0.3 is 14.5 Å². The molecular weight excluding hydrogens is 378 g/mol. The molecule has 1 amide bonds. The van der Waals surface area contributed by atoms with E-state index in [1.165, 1.54) is 11.1 Å². The average molecular weight is 412 g/mol. The van der Waals surface area contributed by atoms with Crippen LogP contribution in [-0.4, -0.2) is 73.6 Å². The number of likely N-dealkylation sites (tertiary alicyclic amines) is 1. The first-order valence-electron chi connectivity index (χ1n) is 10.4. The number of anilines is 1. The molecule has 1 fully saturated rings. The van der Waals surface area contributed by atoms with Crippen LogP contribution in [0.15, 0.2) is 30.3 Å². The smallest absolute Gasteiger partial charge is 0.223 e. The molecule has 7 heteroatoms. The van der Waals surface area contributed by atoms with E-state index in [1.54, 1.807) is 7.11 Å². The maximum atomic E-state index is 12.4. The third-order valence-corrected chi connectivity index (χ3v) is 5.55. The quantitative estimate of drug-likeness (QED) is 0.632. The lowest BCUT2D eigenvalue weighted by Crippen LogP contribution is -2.28. The zero-order valence-electron chi connectivity index (χ0n) is 18.8. The molecule has 1 atom stereocenters. The van der Waals surface area contributed by atoms with Gasteiger partial charge in [-0.15, -0.1) is 0 Å². The summed E-state index contributed by atoms with van der Waals surface area (Å²) in [6.07, 6.45) is 0.492. The summed E-state index contributed by atoms with van der Waals surface area (Å²) in [5.41, 5.74) is 3.54. The molecule has 0 N–H and O–H groups in total.